The normalized spacial score (nSPS) is 17.1. The van der Waals surface area contributed by atoms with Crippen molar-refractivity contribution in [2.24, 2.45) is 0 Å². The second-order valence-electron chi connectivity index (χ2n) is 7.85. The van der Waals surface area contributed by atoms with Crippen LogP contribution < -0.4 is 5.32 Å². The van der Waals surface area contributed by atoms with Crippen LogP contribution in [0.3, 0.4) is 0 Å². The highest BCUT2D eigenvalue weighted by atomic mass is 32.2. The first-order valence-corrected chi connectivity index (χ1v) is 12.0. The molecule has 1 aliphatic heterocycles. The summed E-state index contributed by atoms with van der Waals surface area (Å²) in [6.07, 6.45) is 0.224. The maximum atomic E-state index is 12.3. The van der Waals surface area contributed by atoms with Crippen LogP contribution in [0.1, 0.15) is 29.2 Å². The number of carbonyl (C=O) groups excluding carboxylic acids is 1. The predicted molar refractivity (Wildman–Crippen MR) is 118 cm³/mol. The third kappa shape index (κ3) is 7.47. The first kappa shape index (κ1) is 22.9. The third-order valence-corrected chi connectivity index (χ3v) is 6.51. The van der Waals surface area contributed by atoms with E-state index in [4.69, 9.17) is 10.00 Å². The molecule has 7 nitrogen and oxygen atoms in total. The minimum absolute atomic E-state index is 0.224. The quantitative estimate of drug-likeness (QED) is 0.673. The van der Waals surface area contributed by atoms with Crippen molar-refractivity contribution in [1.29, 1.82) is 5.26 Å². The molecule has 1 unspecified atom stereocenters. The van der Waals surface area contributed by atoms with Crippen molar-refractivity contribution < 1.29 is 17.9 Å². The summed E-state index contributed by atoms with van der Waals surface area (Å²) in [4.78, 5) is 14.5. The monoisotopic (exact) mass is 441 g/mol. The van der Waals surface area contributed by atoms with E-state index in [1.165, 1.54) is 0 Å². The Labute approximate surface area is 183 Å². The topological polar surface area (TPSA) is 99.5 Å². The van der Waals surface area contributed by atoms with E-state index in [9.17, 15) is 13.2 Å². The summed E-state index contributed by atoms with van der Waals surface area (Å²) >= 11 is 0. The summed E-state index contributed by atoms with van der Waals surface area (Å²) in [7, 11) is -3.60. The number of sulfone groups is 1. The number of nitriles is 1. The van der Waals surface area contributed by atoms with Crippen molar-refractivity contribution in [3.63, 3.8) is 0 Å². The molecule has 3 rings (SSSR count). The Morgan fingerprint density at radius 1 is 1.19 bits per heavy atom. The van der Waals surface area contributed by atoms with Crippen LogP contribution in [0.5, 0.6) is 0 Å². The molecule has 1 amide bonds. The number of hydrogen-bond acceptors (Lipinski definition) is 6. The van der Waals surface area contributed by atoms with Crippen LogP contribution in [0, 0.1) is 11.3 Å². The molecule has 1 fully saturated rings. The molecule has 0 spiro atoms. The fourth-order valence-electron chi connectivity index (χ4n) is 3.56. The smallest absolute Gasteiger partial charge is 0.235 e. The number of benzene rings is 2. The first-order valence-electron chi connectivity index (χ1n) is 10.2. The molecular formula is C23H27N3O4S. The molecule has 0 bridgehead atoms. The molecule has 1 N–H and O–H groups in total. The number of nitrogens with zero attached hydrogens (tertiary/aromatic N) is 2. The Morgan fingerprint density at radius 2 is 1.94 bits per heavy atom. The van der Waals surface area contributed by atoms with Crippen molar-refractivity contribution in [3.8, 4) is 6.07 Å². The number of morpholine rings is 1. The molecule has 0 aromatic heterocycles. The predicted octanol–water partition coefficient (Wildman–Crippen LogP) is 2.01. The average molecular weight is 442 g/mol. The SMILES string of the molecule is CC1CN(Cc2cccc(CNC(=O)CS(=O)(=O)Cc3ccc(C#N)cc3)c2)CCO1. The second kappa shape index (κ2) is 10.5. The molecule has 0 radical (unpaired) electrons. The maximum absolute atomic E-state index is 12.3. The van der Waals surface area contributed by atoms with Gasteiger partial charge in [-0.25, -0.2) is 8.42 Å². The van der Waals surface area contributed by atoms with E-state index in [2.05, 4.69) is 17.1 Å². The highest BCUT2D eigenvalue weighted by Gasteiger charge is 2.18. The van der Waals surface area contributed by atoms with Gasteiger partial charge in [-0.05, 0) is 35.7 Å². The van der Waals surface area contributed by atoms with Gasteiger partial charge in [-0.15, -0.1) is 0 Å². The van der Waals surface area contributed by atoms with Crippen LogP contribution in [-0.2, 0) is 38.2 Å². The molecule has 1 heterocycles. The Balaban J connectivity index is 1.50. The number of ether oxygens (including phenoxy) is 1. The molecule has 8 heteroatoms. The lowest BCUT2D eigenvalue weighted by molar-refractivity contribution is -0.118. The summed E-state index contributed by atoms with van der Waals surface area (Å²) in [5.74, 6) is -1.33. The molecule has 1 aliphatic rings. The van der Waals surface area contributed by atoms with Crippen molar-refractivity contribution in [1.82, 2.24) is 10.2 Å². The van der Waals surface area contributed by atoms with E-state index in [1.54, 1.807) is 24.3 Å². The van der Waals surface area contributed by atoms with Crippen LogP contribution in [0.15, 0.2) is 48.5 Å². The van der Waals surface area contributed by atoms with Gasteiger partial charge in [-0.3, -0.25) is 9.69 Å². The molecule has 1 saturated heterocycles. The van der Waals surface area contributed by atoms with Gasteiger partial charge in [0.15, 0.2) is 9.84 Å². The fraction of sp³-hybridized carbons (Fsp3) is 0.391. The number of rotatable bonds is 8. The second-order valence-corrected chi connectivity index (χ2v) is 9.92. The van der Waals surface area contributed by atoms with Gasteiger partial charge < -0.3 is 10.1 Å². The van der Waals surface area contributed by atoms with Gasteiger partial charge in [0.1, 0.15) is 5.75 Å². The van der Waals surface area contributed by atoms with Crippen molar-refractivity contribution in [2.75, 3.05) is 25.4 Å². The molecule has 164 valence electrons. The highest BCUT2D eigenvalue weighted by molar-refractivity contribution is 7.91. The number of hydrogen-bond donors (Lipinski definition) is 1. The van der Waals surface area contributed by atoms with Crippen molar-refractivity contribution >= 4 is 15.7 Å². The standard InChI is InChI=1S/C23H27N3O4S/c1-18-14-26(9-10-30-18)15-22-4-2-3-21(11-22)13-25-23(27)17-31(28,29)16-20-7-5-19(12-24)6-8-20/h2-8,11,18H,9-10,13-17H2,1H3,(H,25,27). The van der Waals surface area contributed by atoms with Gasteiger partial charge in [0, 0.05) is 26.2 Å². The van der Waals surface area contributed by atoms with Crippen LogP contribution in [0.25, 0.3) is 0 Å². The van der Waals surface area contributed by atoms with Gasteiger partial charge in [0.25, 0.3) is 0 Å². The Bertz CT molecular complexity index is 1050. The van der Waals surface area contributed by atoms with Crippen LogP contribution in [-0.4, -0.2) is 50.8 Å². The Morgan fingerprint density at radius 3 is 2.65 bits per heavy atom. The fourth-order valence-corrected chi connectivity index (χ4v) is 4.87. The molecule has 31 heavy (non-hydrogen) atoms. The van der Waals surface area contributed by atoms with Gasteiger partial charge in [-0.1, -0.05) is 36.4 Å². The van der Waals surface area contributed by atoms with E-state index in [0.29, 0.717) is 11.1 Å². The highest BCUT2D eigenvalue weighted by Crippen LogP contribution is 2.12. The minimum Gasteiger partial charge on any atom is -0.376 e. The minimum atomic E-state index is -3.60. The van der Waals surface area contributed by atoms with E-state index in [1.807, 2.05) is 30.3 Å². The maximum Gasteiger partial charge on any atom is 0.235 e. The van der Waals surface area contributed by atoms with E-state index >= 15 is 0 Å². The summed E-state index contributed by atoms with van der Waals surface area (Å²) in [5.41, 5.74) is 3.09. The molecule has 2 aromatic rings. The zero-order chi connectivity index (χ0) is 22.3. The van der Waals surface area contributed by atoms with E-state index in [-0.39, 0.29) is 18.4 Å². The lowest BCUT2D eigenvalue weighted by atomic mass is 10.1. The summed E-state index contributed by atoms with van der Waals surface area (Å²) < 4.78 is 30.2. The van der Waals surface area contributed by atoms with Crippen LogP contribution >= 0.6 is 0 Å². The molecule has 0 aliphatic carbocycles. The number of carbonyl (C=O) groups is 1. The summed E-state index contributed by atoms with van der Waals surface area (Å²) in [5, 5.41) is 11.5. The number of amides is 1. The lowest BCUT2D eigenvalue weighted by Crippen LogP contribution is -2.40. The van der Waals surface area contributed by atoms with Crippen molar-refractivity contribution in [2.45, 2.75) is 31.9 Å². The van der Waals surface area contributed by atoms with Gasteiger partial charge >= 0.3 is 0 Å². The van der Waals surface area contributed by atoms with E-state index < -0.39 is 21.5 Å². The first-order chi connectivity index (χ1) is 14.8. The Kier molecular flexibility index (Phi) is 7.80. The van der Waals surface area contributed by atoms with Gasteiger partial charge in [0.05, 0.1) is 30.1 Å². The average Bonchev–Trinajstić information content (AvgIpc) is 2.72. The largest absolute Gasteiger partial charge is 0.376 e. The molecule has 0 saturated carbocycles. The van der Waals surface area contributed by atoms with E-state index in [0.717, 1.165) is 37.4 Å². The molecule has 2 aromatic carbocycles. The molecular weight excluding hydrogens is 414 g/mol. The number of nitrogens with one attached hydrogen (secondary N) is 1. The molecule has 1 atom stereocenters. The van der Waals surface area contributed by atoms with Crippen LogP contribution in [0.2, 0.25) is 0 Å². The van der Waals surface area contributed by atoms with Gasteiger partial charge in [-0.2, -0.15) is 5.26 Å². The van der Waals surface area contributed by atoms with Crippen LogP contribution in [0.4, 0.5) is 0 Å². The zero-order valence-electron chi connectivity index (χ0n) is 17.6. The summed E-state index contributed by atoms with van der Waals surface area (Å²) in [6, 6.07) is 16.2. The Hall–Kier alpha value is -2.73. The lowest BCUT2D eigenvalue weighted by Gasteiger charge is -2.31. The zero-order valence-corrected chi connectivity index (χ0v) is 18.4. The third-order valence-electron chi connectivity index (χ3n) is 5.03. The summed E-state index contributed by atoms with van der Waals surface area (Å²) in [6.45, 7) is 5.66. The van der Waals surface area contributed by atoms with Crippen molar-refractivity contribution in [3.05, 3.63) is 70.8 Å². The van der Waals surface area contributed by atoms with Gasteiger partial charge in [0.2, 0.25) is 5.91 Å².